The molecule has 2 N–H and O–H groups in total. The van der Waals surface area contributed by atoms with Gasteiger partial charge in [0, 0.05) is 23.5 Å². The van der Waals surface area contributed by atoms with Gasteiger partial charge in [-0.3, -0.25) is 4.79 Å². The van der Waals surface area contributed by atoms with Crippen molar-refractivity contribution in [3.63, 3.8) is 0 Å². The summed E-state index contributed by atoms with van der Waals surface area (Å²) in [6.07, 6.45) is -2.82. The number of carbonyl (C=O) groups excluding carboxylic acids is 1. The second-order valence-electron chi connectivity index (χ2n) is 6.84. The van der Waals surface area contributed by atoms with Crippen molar-refractivity contribution >= 4 is 27.7 Å². The number of carbonyl (C=O) groups is 1. The minimum Gasteiger partial charge on any atom is -0.360 e. The van der Waals surface area contributed by atoms with E-state index < -0.39 is 12.0 Å². The van der Waals surface area contributed by atoms with Crippen molar-refractivity contribution in [2.24, 2.45) is 0 Å². The number of nitrogens with one attached hydrogen (secondary N) is 2. The zero-order valence-electron chi connectivity index (χ0n) is 15.4. The molecule has 28 heavy (non-hydrogen) atoms. The van der Waals surface area contributed by atoms with Crippen molar-refractivity contribution in [1.29, 1.82) is 0 Å². The highest BCUT2D eigenvalue weighted by molar-refractivity contribution is 6.12. The molecule has 0 fully saturated rings. The Labute approximate surface area is 158 Å². The lowest BCUT2D eigenvalue weighted by Crippen LogP contribution is -2.22. The van der Waals surface area contributed by atoms with Crippen LogP contribution < -0.4 is 0 Å². The molecule has 7 heteroatoms. The Morgan fingerprint density at radius 2 is 1.96 bits per heavy atom. The molecule has 2 aromatic heterocycles. The molecular weight excluding hydrogens is 367 g/mol. The van der Waals surface area contributed by atoms with E-state index in [0.717, 1.165) is 28.4 Å². The van der Waals surface area contributed by atoms with Crippen LogP contribution in [0.3, 0.4) is 0 Å². The minimum absolute atomic E-state index is 0.310. The van der Waals surface area contributed by atoms with E-state index in [1.165, 1.54) is 0 Å². The predicted octanol–water partition coefficient (Wildman–Crippen LogP) is 5.25. The zero-order chi connectivity index (χ0) is 20.1. The number of ketones is 1. The molecule has 0 aliphatic rings. The lowest BCUT2D eigenvalue weighted by molar-refractivity contribution is -0.0884. The van der Waals surface area contributed by atoms with Crippen molar-refractivity contribution in [1.82, 2.24) is 15.0 Å². The molecule has 0 aliphatic carbocycles. The van der Waals surface area contributed by atoms with Gasteiger partial charge in [0.25, 0.3) is 5.78 Å². The maximum Gasteiger partial charge on any atom is 0.454 e. The number of imidazole rings is 1. The molecule has 2 aromatic carbocycles. The number of aromatic amines is 2. The summed E-state index contributed by atoms with van der Waals surface area (Å²) in [5, 5.41) is 0.333. The van der Waals surface area contributed by atoms with Gasteiger partial charge in [0.2, 0.25) is 0 Å². The van der Waals surface area contributed by atoms with E-state index in [-0.39, 0.29) is 5.56 Å². The number of fused-ring (bicyclic) bond motifs is 2. The molecule has 4 nitrogen and oxygen atoms in total. The van der Waals surface area contributed by atoms with Crippen LogP contribution in [0.5, 0.6) is 0 Å². The van der Waals surface area contributed by atoms with Gasteiger partial charge < -0.3 is 9.97 Å². The lowest BCUT2D eigenvalue weighted by atomic mass is 9.92. The minimum atomic E-state index is -4.93. The molecule has 0 aliphatic heterocycles. The van der Waals surface area contributed by atoms with Gasteiger partial charge >= 0.3 is 6.18 Å². The summed E-state index contributed by atoms with van der Waals surface area (Å²) in [6.45, 7) is 3.77. The van der Waals surface area contributed by atoms with Crippen molar-refractivity contribution in [2.75, 3.05) is 0 Å². The molecule has 144 valence electrons. The smallest absolute Gasteiger partial charge is 0.360 e. The molecular formula is C21H18F3N3O. The monoisotopic (exact) mass is 385 g/mol. The van der Waals surface area contributed by atoms with Crippen molar-refractivity contribution < 1.29 is 18.0 Å². The molecule has 0 saturated carbocycles. The van der Waals surface area contributed by atoms with Gasteiger partial charge in [-0.25, -0.2) is 4.98 Å². The summed E-state index contributed by atoms with van der Waals surface area (Å²) in [5.41, 5.74) is 4.26. The van der Waals surface area contributed by atoms with E-state index in [9.17, 15) is 18.0 Å². The summed E-state index contributed by atoms with van der Waals surface area (Å²) in [6, 6.07) is 9.49. The summed E-state index contributed by atoms with van der Waals surface area (Å²) in [4.78, 5) is 22.7. The molecule has 0 atom stereocenters. The number of alkyl halides is 3. The summed E-state index contributed by atoms with van der Waals surface area (Å²) in [5.74, 6) is -1.19. The van der Waals surface area contributed by atoms with Gasteiger partial charge in [0.15, 0.2) is 0 Å². The topological polar surface area (TPSA) is 61.5 Å². The fourth-order valence-corrected chi connectivity index (χ4v) is 3.73. The molecule has 4 aromatic rings. The third kappa shape index (κ3) is 2.96. The van der Waals surface area contributed by atoms with E-state index in [1.54, 1.807) is 0 Å². The number of hydrogen-bond donors (Lipinski definition) is 2. The highest BCUT2D eigenvalue weighted by Gasteiger charge is 2.41. The maximum absolute atomic E-state index is 13.1. The van der Waals surface area contributed by atoms with Crippen molar-refractivity contribution in [3.05, 3.63) is 64.6 Å². The van der Waals surface area contributed by atoms with Crippen molar-refractivity contribution in [3.8, 4) is 0 Å². The Morgan fingerprint density at radius 1 is 1.21 bits per heavy atom. The number of aryl methyl sites for hydroxylation is 2. The first-order valence-electron chi connectivity index (χ1n) is 8.97. The first-order valence-corrected chi connectivity index (χ1v) is 8.97. The zero-order valence-corrected chi connectivity index (χ0v) is 15.4. The standard InChI is InChI=1S/C21H18F3N3O/c1-3-12-8-11(2)19-18(14(10-25-19)20(28)21(22,23)24)13(12)9-17-26-15-6-4-5-7-16(15)27-17/h4-8,10,25H,3,9H2,1-2H3,(H,26,27). The van der Waals surface area contributed by atoms with Crippen LogP contribution in [-0.2, 0) is 12.8 Å². The normalized spacial score (nSPS) is 12.2. The average Bonchev–Trinajstić information content (AvgIpc) is 3.26. The SMILES string of the molecule is CCc1cc(C)c2[nH]cc(C(=O)C(F)(F)F)c2c1Cc1nc2ccccc2[nH]1. The fourth-order valence-electron chi connectivity index (χ4n) is 3.73. The van der Waals surface area contributed by atoms with E-state index in [4.69, 9.17) is 0 Å². The molecule has 2 heterocycles. The summed E-state index contributed by atoms with van der Waals surface area (Å²) in [7, 11) is 0. The summed E-state index contributed by atoms with van der Waals surface area (Å²) >= 11 is 0. The third-order valence-corrected chi connectivity index (χ3v) is 5.02. The summed E-state index contributed by atoms with van der Waals surface area (Å²) < 4.78 is 39.4. The van der Waals surface area contributed by atoms with Crippen LogP contribution in [0.1, 0.15) is 39.8 Å². The van der Waals surface area contributed by atoms with Gasteiger partial charge in [-0.15, -0.1) is 0 Å². The van der Waals surface area contributed by atoms with Crippen LogP contribution in [0.4, 0.5) is 13.2 Å². The maximum atomic E-state index is 13.1. The Bertz CT molecular complexity index is 1170. The Hall–Kier alpha value is -3.09. The van der Waals surface area contributed by atoms with Gasteiger partial charge in [0.05, 0.1) is 16.6 Å². The van der Waals surface area contributed by atoms with Crippen LogP contribution >= 0.6 is 0 Å². The molecule has 0 saturated heterocycles. The highest BCUT2D eigenvalue weighted by atomic mass is 19.4. The number of para-hydroxylation sites is 2. The molecule has 0 radical (unpaired) electrons. The second kappa shape index (κ2) is 6.51. The number of rotatable bonds is 4. The molecule has 4 rings (SSSR count). The number of hydrogen-bond acceptors (Lipinski definition) is 2. The van der Waals surface area contributed by atoms with Gasteiger partial charge in [0.1, 0.15) is 5.82 Å². The van der Waals surface area contributed by atoms with Gasteiger partial charge in [-0.05, 0) is 42.2 Å². The van der Waals surface area contributed by atoms with Crippen LogP contribution in [0.2, 0.25) is 0 Å². The van der Waals surface area contributed by atoms with E-state index >= 15 is 0 Å². The van der Waals surface area contributed by atoms with Gasteiger partial charge in [-0.1, -0.05) is 25.1 Å². The fraction of sp³-hybridized carbons (Fsp3) is 0.238. The largest absolute Gasteiger partial charge is 0.454 e. The molecule has 0 spiro atoms. The van der Waals surface area contributed by atoms with Crippen molar-refractivity contribution in [2.45, 2.75) is 32.9 Å². The number of halogens is 3. The average molecular weight is 385 g/mol. The number of nitrogens with zero attached hydrogens (tertiary/aromatic N) is 1. The first kappa shape index (κ1) is 18.3. The number of benzene rings is 2. The van der Waals surface area contributed by atoms with E-state index in [1.807, 2.05) is 44.2 Å². The Morgan fingerprint density at radius 3 is 2.64 bits per heavy atom. The first-order chi connectivity index (χ1) is 13.3. The Balaban J connectivity index is 1.93. The number of aromatic nitrogens is 3. The molecule has 0 unspecified atom stereocenters. The lowest BCUT2D eigenvalue weighted by Gasteiger charge is -2.13. The second-order valence-corrected chi connectivity index (χ2v) is 6.84. The van der Waals surface area contributed by atoms with E-state index in [2.05, 4.69) is 15.0 Å². The number of Topliss-reactive ketones (excluding diaryl/α,β-unsaturated/α-hetero) is 1. The number of H-pyrrole nitrogens is 2. The molecule has 0 bridgehead atoms. The molecule has 0 amide bonds. The van der Waals surface area contributed by atoms with Gasteiger partial charge in [-0.2, -0.15) is 13.2 Å². The van der Waals surface area contributed by atoms with Crippen LogP contribution in [0, 0.1) is 6.92 Å². The quantitative estimate of drug-likeness (QED) is 0.471. The van der Waals surface area contributed by atoms with Crippen LogP contribution in [-0.4, -0.2) is 26.9 Å². The highest BCUT2D eigenvalue weighted by Crippen LogP contribution is 2.34. The predicted molar refractivity (Wildman–Crippen MR) is 102 cm³/mol. The van der Waals surface area contributed by atoms with E-state index in [0.29, 0.717) is 35.1 Å². The van der Waals surface area contributed by atoms with Crippen LogP contribution in [0.15, 0.2) is 36.5 Å². The Kier molecular flexibility index (Phi) is 4.25. The van der Waals surface area contributed by atoms with Crippen LogP contribution in [0.25, 0.3) is 21.9 Å². The third-order valence-electron chi connectivity index (χ3n) is 5.02.